The Bertz CT molecular complexity index is 640. The minimum absolute atomic E-state index is 0.0754. The first kappa shape index (κ1) is 14.8. The van der Waals surface area contributed by atoms with Crippen LogP contribution in [0.4, 0.5) is 5.82 Å². The zero-order valence-corrected chi connectivity index (χ0v) is 11.6. The molecule has 0 radical (unpaired) electrons. The topological polar surface area (TPSA) is 149 Å². The lowest BCUT2D eigenvalue weighted by atomic mass is 10.5. The van der Waals surface area contributed by atoms with Gasteiger partial charge in [-0.1, -0.05) is 12.1 Å². The van der Waals surface area contributed by atoms with Gasteiger partial charge in [0.1, 0.15) is 6.33 Å². The van der Waals surface area contributed by atoms with Crippen LogP contribution in [0, 0.1) is 0 Å². The van der Waals surface area contributed by atoms with Gasteiger partial charge in [0.15, 0.2) is 22.8 Å². The second-order valence-corrected chi connectivity index (χ2v) is 5.82. The normalized spacial score (nSPS) is 13.8. The number of hydrogen-bond donors (Lipinski definition) is 3. The van der Waals surface area contributed by atoms with E-state index in [-0.39, 0.29) is 25.4 Å². The second kappa shape index (κ2) is 5.80. The Morgan fingerprint density at radius 2 is 2.25 bits per heavy atom. The van der Waals surface area contributed by atoms with Crippen LogP contribution in [0.2, 0.25) is 0 Å². The number of anilines is 1. The van der Waals surface area contributed by atoms with Gasteiger partial charge < -0.3 is 20.3 Å². The number of hydrogen-bond acceptors (Lipinski definition) is 7. The third-order valence-electron chi connectivity index (χ3n) is 2.67. The van der Waals surface area contributed by atoms with Crippen LogP contribution in [0.15, 0.2) is 6.33 Å². The molecule has 0 amide bonds. The molecule has 2 rings (SSSR count). The highest BCUT2D eigenvalue weighted by molar-refractivity contribution is 7.52. The van der Waals surface area contributed by atoms with Crippen molar-refractivity contribution in [2.75, 3.05) is 12.3 Å². The van der Waals surface area contributed by atoms with Crippen LogP contribution in [-0.4, -0.2) is 47.2 Å². The predicted octanol–water partition coefficient (Wildman–Crippen LogP) is -0.266. The predicted molar refractivity (Wildman–Crippen MR) is 69.6 cm³/mol. The summed E-state index contributed by atoms with van der Waals surface area (Å²) in [5, 5.41) is 7.69. The number of aromatic nitrogens is 5. The fraction of sp³-hybridized carbons (Fsp3) is 0.556. The Balaban J connectivity index is 2.03. The number of nitrogens with zero attached hydrogens (tertiary/aromatic N) is 5. The van der Waals surface area contributed by atoms with E-state index in [2.05, 4.69) is 20.3 Å². The molecule has 0 bridgehead atoms. The monoisotopic (exact) mass is 302 g/mol. The highest BCUT2D eigenvalue weighted by atomic mass is 31.2. The Kier molecular flexibility index (Phi) is 4.29. The van der Waals surface area contributed by atoms with E-state index in [1.807, 2.05) is 0 Å². The largest absolute Gasteiger partial charge is 0.382 e. The molecule has 11 heteroatoms. The van der Waals surface area contributed by atoms with Crippen LogP contribution in [0.5, 0.6) is 0 Å². The van der Waals surface area contributed by atoms with E-state index in [1.54, 1.807) is 6.92 Å². The molecule has 0 spiro atoms. The van der Waals surface area contributed by atoms with E-state index in [0.29, 0.717) is 11.2 Å². The van der Waals surface area contributed by atoms with Crippen LogP contribution in [0.3, 0.4) is 0 Å². The van der Waals surface area contributed by atoms with Crippen LogP contribution >= 0.6 is 7.60 Å². The van der Waals surface area contributed by atoms with E-state index in [0.717, 1.165) is 0 Å². The van der Waals surface area contributed by atoms with Gasteiger partial charge in [-0.2, -0.15) is 0 Å². The van der Waals surface area contributed by atoms with Crippen LogP contribution in [0.25, 0.3) is 11.2 Å². The highest BCUT2D eigenvalue weighted by Crippen LogP contribution is 2.43. The molecule has 110 valence electrons. The maximum atomic E-state index is 11.1. The Morgan fingerprint density at radius 3 is 2.90 bits per heavy atom. The SMILES string of the molecule is CCC(OCCn1nnc2c(N)ncnc21)P(=O)(O)O. The fourth-order valence-electron chi connectivity index (χ4n) is 1.69. The van der Waals surface area contributed by atoms with Crippen molar-refractivity contribution in [1.29, 1.82) is 0 Å². The minimum Gasteiger partial charge on any atom is -0.382 e. The van der Waals surface area contributed by atoms with Gasteiger partial charge in [0, 0.05) is 0 Å². The van der Waals surface area contributed by atoms with Gasteiger partial charge in [-0.05, 0) is 6.42 Å². The molecule has 1 atom stereocenters. The zero-order valence-electron chi connectivity index (χ0n) is 10.7. The molecule has 4 N–H and O–H groups in total. The van der Waals surface area contributed by atoms with Crippen LogP contribution in [0.1, 0.15) is 13.3 Å². The molecular weight excluding hydrogens is 287 g/mol. The van der Waals surface area contributed by atoms with Gasteiger partial charge in [0.05, 0.1) is 13.2 Å². The van der Waals surface area contributed by atoms with Gasteiger partial charge >= 0.3 is 7.60 Å². The maximum absolute atomic E-state index is 11.1. The van der Waals surface area contributed by atoms with Crippen LogP contribution in [-0.2, 0) is 15.8 Å². The van der Waals surface area contributed by atoms with E-state index >= 15 is 0 Å². The standard InChI is InChI=1S/C9H15N6O4P/c1-2-6(20(16,17)18)19-4-3-15-9-7(13-14-15)8(10)11-5-12-9/h5-6H,2-4H2,1H3,(H2,10,11,12)(H2,16,17,18). The molecule has 20 heavy (non-hydrogen) atoms. The van der Waals surface area contributed by atoms with E-state index in [4.69, 9.17) is 20.3 Å². The summed E-state index contributed by atoms with van der Waals surface area (Å²) < 4.78 is 17.7. The molecule has 0 saturated carbocycles. The minimum atomic E-state index is -4.25. The molecular formula is C9H15N6O4P. The highest BCUT2D eigenvalue weighted by Gasteiger charge is 2.27. The molecule has 0 fully saturated rings. The van der Waals surface area contributed by atoms with Gasteiger partial charge in [-0.15, -0.1) is 5.10 Å². The molecule has 10 nitrogen and oxygen atoms in total. The van der Waals surface area contributed by atoms with Crippen molar-refractivity contribution in [3.8, 4) is 0 Å². The van der Waals surface area contributed by atoms with Crippen molar-refractivity contribution < 1.29 is 19.1 Å². The lowest BCUT2D eigenvalue weighted by Gasteiger charge is -2.17. The summed E-state index contributed by atoms with van der Waals surface area (Å²) in [5.74, 6) is -0.888. The first-order valence-electron chi connectivity index (χ1n) is 5.90. The van der Waals surface area contributed by atoms with Crippen molar-refractivity contribution >= 4 is 24.6 Å². The first-order chi connectivity index (χ1) is 9.43. The summed E-state index contributed by atoms with van der Waals surface area (Å²) in [6.07, 6.45) is 1.51. The van der Waals surface area contributed by atoms with Gasteiger partial charge in [0.25, 0.3) is 0 Å². The van der Waals surface area contributed by atoms with Crippen LogP contribution < -0.4 is 5.73 Å². The first-order valence-corrected chi connectivity index (χ1v) is 7.58. The number of nitrogens with two attached hydrogens (primary N) is 1. The molecule has 2 aromatic rings. The number of ether oxygens (including phenoxy) is 1. The summed E-state index contributed by atoms with van der Waals surface area (Å²) in [6, 6.07) is 0. The summed E-state index contributed by atoms with van der Waals surface area (Å²) in [4.78, 5) is 25.9. The van der Waals surface area contributed by atoms with Crippen molar-refractivity contribution in [3.63, 3.8) is 0 Å². The Hall–Kier alpha value is -1.61. The summed E-state index contributed by atoms with van der Waals surface area (Å²) in [6.45, 7) is 1.97. The van der Waals surface area contributed by atoms with Crippen molar-refractivity contribution in [1.82, 2.24) is 25.0 Å². The van der Waals surface area contributed by atoms with E-state index in [1.165, 1.54) is 11.0 Å². The van der Waals surface area contributed by atoms with Gasteiger partial charge in [0.2, 0.25) is 0 Å². The van der Waals surface area contributed by atoms with Crippen molar-refractivity contribution in [3.05, 3.63) is 6.33 Å². The Labute approximate surface area is 114 Å². The molecule has 1 unspecified atom stereocenters. The number of nitrogen functional groups attached to an aromatic ring is 1. The zero-order chi connectivity index (χ0) is 14.8. The second-order valence-electron chi connectivity index (χ2n) is 4.07. The smallest absolute Gasteiger partial charge is 0.354 e. The molecule has 0 aliphatic heterocycles. The van der Waals surface area contributed by atoms with Gasteiger partial charge in [-0.3, -0.25) is 4.57 Å². The maximum Gasteiger partial charge on any atom is 0.354 e. The molecule has 2 heterocycles. The summed E-state index contributed by atoms with van der Waals surface area (Å²) >= 11 is 0. The average Bonchev–Trinajstić information content (AvgIpc) is 2.78. The third kappa shape index (κ3) is 3.10. The lowest BCUT2D eigenvalue weighted by molar-refractivity contribution is 0.0761. The van der Waals surface area contributed by atoms with E-state index < -0.39 is 13.4 Å². The number of rotatable bonds is 6. The quantitative estimate of drug-likeness (QED) is 0.613. The molecule has 0 aliphatic rings. The third-order valence-corrected chi connectivity index (χ3v) is 3.93. The van der Waals surface area contributed by atoms with Crippen molar-refractivity contribution in [2.24, 2.45) is 0 Å². The summed E-state index contributed by atoms with van der Waals surface area (Å²) in [7, 11) is -4.25. The van der Waals surface area contributed by atoms with Crippen molar-refractivity contribution in [2.45, 2.75) is 25.7 Å². The number of fused-ring (bicyclic) bond motifs is 1. The van der Waals surface area contributed by atoms with E-state index in [9.17, 15) is 4.57 Å². The molecule has 0 aliphatic carbocycles. The molecule has 0 saturated heterocycles. The average molecular weight is 302 g/mol. The molecule has 2 aromatic heterocycles. The van der Waals surface area contributed by atoms with Gasteiger partial charge in [-0.25, -0.2) is 14.6 Å². The fourth-order valence-corrected chi connectivity index (χ4v) is 2.46. The summed E-state index contributed by atoms with van der Waals surface area (Å²) in [5.41, 5.74) is 6.46. The Morgan fingerprint density at radius 1 is 1.50 bits per heavy atom. The molecule has 0 aromatic carbocycles. The lowest BCUT2D eigenvalue weighted by Crippen LogP contribution is -2.16.